The van der Waals surface area contributed by atoms with Gasteiger partial charge in [0.05, 0.1) is 5.01 Å². The van der Waals surface area contributed by atoms with Gasteiger partial charge in [0.15, 0.2) is 0 Å². The van der Waals surface area contributed by atoms with Crippen molar-refractivity contribution in [3.8, 4) is 0 Å². The molecule has 2 rings (SSSR count). The molecule has 0 radical (unpaired) electrons. The summed E-state index contributed by atoms with van der Waals surface area (Å²) in [5, 5.41) is 6.47. The lowest BCUT2D eigenvalue weighted by molar-refractivity contribution is 0.466. The number of rotatable bonds is 7. The van der Waals surface area contributed by atoms with Crippen molar-refractivity contribution in [1.29, 1.82) is 0 Å². The first-order valence-corrected chi connectivity index (χ1v) is 7.50. The molecule has 0 saturated carbocycles. The standard InChI is InChI=1S/C15H19FN2S/c1-2-17-11-12(10-15-18-7-8-19-15)9-13-5-3-4-6-14(13)16/h3-8,12,17H,2,9-11H2,1H3. The SMILES string of the molecule is CCNCC(Cc1nccs1)Cc1ccccc1F. The van der Waals surface area contributed by atoms with Crippen LogP contribution in [0.15, 0.2) is 35.8 Å². The summed E-state index contributed by atoms with van der Waals surface area (Å²) in [7, 11) is 0. The summed E-state index contributed by atoms with van der Waals surface area (Å²) in [6.07, 6.45) is 3.48. The Morgan fingerprint density at radius 3 is 2.84 bits per heavy atom. The quantitative estimate of drug-likeness (QED) is 0.840. The smallest absolute Gasteiger partial charge is 0.126 e. The maximum atomic E-state index is 13.7. The molecule has 1 aromatic carbocycles. The fourth-order valence-corrected chi connectivity index (χ4v) is 2.87. The zero-order valence-electron chi connectivity index (χ0n) is 11.1. The highest BCUT2D eigenvalue weighted by Crippen LogP contribution is 2.17. The van der Waals surface area contributed by atoms with E-state index in [0.717, 1.165) is 36.5 Å². The number of halogens is 1. The number of hydrogen-bond donors (Lipinski definition) is 1. The van der Waals surface area contributed by atoms with Crippen LogP contribution in [0.3, 0.4) is 0 Å². The van der Waals surface area contributed by atoms with Crippen LogP contribution in [-0.2, 0) is 12.8 Å². The van der Waals surface area contributed by atoms with Crippen molar-refractivity contribution < 1.29 is 4.39 Å². The highest BCUT2D eigenvalue weighted by Gasteiger charge is 2.14. The molecule has 2 aromatic rings. The van der Waals surface area contributed by atoms with Crippen LogP contribution in [0, 0.1) is 11.7 Å². The Morgan fingerprint density at radius 1 is 1.32 bits per heavy atom. The summed E-state index contributed by atoms with van der Waals surface area (Å²) in [6, 6.07) is 7.03. The molecule has 1 N–H and O–H groups in total. The van der Waals surface area contributed by atoms with E-state index in [-0.39, 0.29) is 5.82 Å². The molecule has 1 aromatic heterocycles. The molecule has 0 aliphatic heterocycles. The molecule has 0 bridgehead atoms. The number of thiazole rings is 1. The zero-order chi connectivity index (χ0) is 13.5. The molecular weight excluding hydrogens is 259 g/mol. The molecule has 0 amide bonds. The van der Waals surface area contributed by atoms with Crippen LogP contribution in [-0.4, -0.2) is 18.1 Å². The third kappa shape index (κ3) is 4.40. The second-order valence-electron chi connectivity index (χ2n) is 4.60. The minimum Gasteiger partial charge on any atom is -0.317 e. The average Bonchev–Trinajstić information content (AvgIpc) is 2.91. The summed E-state index contributed by atoms with van der Waals surface area (Å²) >= 11 is 1.67. The van der Waals surface area contributed by atoms with Crippen molar-refractivity contribution in [3.05, 3.63) is 52.2 Å². The molecule has 0 aliphatic carbocycles. The summed E-state index contributed by atoms with van der Waals surface area (Å²) in [6.45, 7) is 3.92. The van der Waals surface area contributed by atoms with Gasteiger partial charge in [-0.25, -0.2) is 9.37 Å². The Bertz CT molecular complexity index is 485. The zero-order valence-corrected chi connectivity index (χ0v) is 11.9. The predicted octanol–water partition coefficient (Wildman–Crippen LogP) is 3.29. The lowest BCUT2D eigenvalue weighted by Crippen LogP contribution is -2.26. The van der Waals surface area contributed by atoms with Gasteiger partial charge < -0.3 is 5.32 Å². The fraction of sp³-hybridized carbons (Fsp3) is 0.400. The Morgan fingerprint density at radius 2 is 2.16 bits per heavy atom. The molecule has 1 heterocycles. The molecule has 0 fully saturated rings. The highest BCUT2D eigenvalue weighted by molar-refractivity contribution is 7.09. The van der Waals surface area contributed by atoms with Gasteiger partial charge in [0.25, 0.3) is 0 Å². The van der Waals surface area contributed by atoms with Gasteiger partial charge in [-0.2, -0.15) is 0 Å². The molecule has 0 aliphatic rings. The first-order chi connectivity index (χ1) is 9.29. The van der Waals surface area contributed by atoms with Crippen molar-refractivity contribution in [2.75, 3.05) is 13.1 Å². The van der Waals surface area contributed by atoms with E-state index in [2.05, 4.69) is 17.2 Å². The maximum Gasteiger partial charge on any atom is 0.126 e. The molecule has 2 nitrogen and oxygen atoms in total. The predicted molar refractivity (Wildman–Crippen MR) is 78.0 cm³/mol. The summed E-state index contributed by atoms with van der Waals surface area (Å²) in [5.41, 5.74) is 0.793. The van der Waals surface area contributed by atoms with Crippen molar-refractivity contribution in [2.24, 2.45) is 5.92 Å². The van der Waals surface area contributed by atoms with Gasteiger partial charge in [0, 0.05) is 18.0 Å². The van der Waals surface area contributed by atoms with Gasteiger partial charge in [-0.3, -0.25) is 0 Å². The van der Waals surface area contributed by atoms with E-state index in [1.54, 1.807) is 17.4 Å². The van der Waals surface area contributed by atoms with Gasteiger partial charge >= 0.3 is 0 Å². The Hall–Kier alpha value is -1.26. The number of hydrogen-bond acceptors (Lipinski definition) is 3. The fourth-order valence-electron chi connectivity index (χ4n) is 2.14. The summed E-state index contributed by atoms with van der Waals surface area (Å²) in [4.78, 5) is 4.33. The van der Waals surface area contributed by atoms with Gasteiger partial charge in [0.2, 0.25) is 0 Å². The highest BCUT2D eigenvalue weighted by atomic mass is 32.1. The number of nitrogens with zero attached hydrogens (tertiary/aromatic N) is 1. The molecule has 19 heavy (non-hydrogen) atoms. The largest absolute Gasteiger partial charge is 0.317 e. The van der Waals surface area contributed by atoms with Gasteiger partial charge in [-0.05, 0) is 37.1 Å². The second kappa shape index (κ2) is 7.36. The number of aromatic nitrogens is 1. The molecule has 102 valence electrons. The van der Waals surface area contributed by atoms with E-state index in [9.17, 15) is 4.39 Å². The molecular formula is C15H19FN2S. The minimum atomic E-state index is -0.108. The van der Waals surface area contributed by atoms with E-state index in [1.807, 2.05) is 23.7 Å². The van der Waals surface area contributed by atoms with Crippen LogP contribution in [0.1, 0.15) is 17.5 Å². The van der Waals surface area contributed by atoms with Crippen LogP contribution < -0.4 is 5.32 Å². The van der Waals surface area contributed by atoms with Gasteiger partial charge in [0.1, 0.15) is 5.82 Å². The average molecular weight is 278 g/mol. The van der Waals surface area contributed by atoms with E-state index < -0.39 is 0 Å². The van der Waals surface area contributed by atoms with Crippen LogP contribution >= 0.6 is 11.3 Å². The first-order valence-electron chi connectivity index (χ1n) is 6.62. The van der Waals surface area contributed by atoms with Gasteiger partial charge in [-0.15, -0.1) is 11.3 Å². The molecule has 1 atom stereocenters. The van der Waals surface area contributed by atoms with Gasteiger partial charge in [-0.1, -0.05) is 25.1 Å². The van der Waals surface area contributed by atoms with E-state index in [4.69, 9.17) is 0 Å². The first kappa shape index (κ1) is 14.2. The topological polar surface area (TPSA) is 24.9 Å². The maximum absolute atomic E-state index is 13.7. The van der Waals surface area contributed by atoms with Crippen molar-refractivity contribution in [3.63, 3.8) is 0 Å². The summed E-state index contributed by atoms with van der Waals surface area (Å²) < 4.78 is 13.7. The Kier molecular flexibility index (Phi) is 5.48. The van der Waals surface area contributed by atoms with E-state index >= 15 is 0 Å². The number of benzene rings is 1. The molecule has 0 saturated heterocycles. The number of nitrogens with one attached hydrogen (secondary N) is 1. The molecule has 4 heteroatoms. The minimum absolute atomic E-state index is 0.108. The second-order valence-corrected chi connectivity index (χ2v) is 5.58. The third-order valence-electron chi connectivity index (χ3n) is 3.10. The van der Waals surface area contributed by atoms with Crippen LogP contribution in [0.25, 0.3) is 0 Å². The van der Waals surface area contributed by atoms with Crippen molar-refractivity contribution in [2.45, 2.75) is 19.8 Å². The Labute approximate surface area is 117 Å². The van der Waals surface area contributed by atoms with Crippen LogP contribution in [0.2, 0.25) is 0 Å². The van der Waals surface area contributed by atoms with E-state index in [0.29, 0.717) is 5.92 Å². The monoisotopic (exact) mass is 278 g/mol. The van der Waals surface area contributed by atoms with Crippen LogP contribution in [0.4, 0.5) is 4.39 Å². The summed E-state index contributed by atoms with van der Waals surface area (Å²) in [5.74, 6) is 0.270. The van der Waals surface area contributed by atoms with Crippen LogP contribution in [0.5, 0.6) is 0 Å². The molecule has 0 spiro atoms. The lowest BCUT2D eigenvalue weighted by Gasteiger charge is -2.16. The van der Waals surface area contributed by atoms with E-state index in [1.165, 1.54) is 6.07 Å². The van der Waals surface area contributed by atoms with Crippen molar-refractivity contribution >= 4 is 11.3 Å². The Balaban J connectivity index is 2.03. The molecule has 1 unspecified atom stereocenters. The van der Waals surface area contributed by atoms with Crippen molar-refractivity contribution in [1.82, 2.24) is 10.3 Å². The lowest BCUT2D eigenvalue weighted by atomic mass is 9.96. The third-order valence-corrected chi connectivity index (χ3v) is 3.90. The normalized spacial score (nSPS) is 12.5.